The van der Waals surface area contributed by atoms with E-state index >= 15 is 0 Å². The van der Waals surface area contributed by atoms with E-state index in [2.05, 4.69) is 35.2 Å². The predicted octanol–water partition coefficient (Wildman–Crippen LogP) is 3.92. The van der Waals surface area contributed by atoms with Crippen LogP contribution in [0, 0.1) is 18.3 Å². The summed E-state index contributed by atoms with van der Waals surface area (Å²) >= 11 is 0. The molecule has 0 saturated heterocycles. The van der Waals surface area contributed by atoms with Crippen molar-refractivity contribution < 1.29 is 4.74 Å². The molecular weight excluding hydrogens is 272 g/mol. The summed E-state index contributed by atoms with van der Waals surface area (Å²) in [4.78, 5) is 2.06. The number of ether oxygens (including phenoxy) is 1. The predicted molar refractivity (Wildman–Crippen MR) is 90.6 cm³/mol. The van der Waals surface area contributed by atoms with Crippen molar-refractivity contribution in [2.75, 3.05) is 26.1 Å². The third-order valence-electron chi connectivity index (χ3n) is 3.81. The van der Waals surface area contributed by atoms with Crippen LogP contribution in [0.4, 0.5) is 5.69 Å². The van der Waals surface area contributed by atoms with Gasteiger partial charge < -0.3 is 9.64 Å². The number of hydrogen-bond donors (Lipinski definition) is 0. The fourth-order valence-electron chi connectivity index (χ4n) is 2.52. The lowest BCUT2D eigenvalue weighted by atomic mass is 9.91. The zero-order valence-corrected chi connectivity index (χ0v) is 13.6. The van der Waals surface area contributed by atoms with Crippen LogP contribution in [0.1, 0.15) is 22.6 Å². The first-order valence-electron chi connectivity index (χ1n) is 7.35. The highest BCUT2D eigenvalue weighted by atomic mass is 16.5. The van der Waals surface area contributed by atoms with Gasteiger partial charge in [-0.15, -0.1) is 0 Å². The lowest BCUT2D eigenvalue weighted by Gasteiger charge is -2.16. The van der Waals surface area contributed by atoms with Gasteiger partial charge in [-0.2, -0.15) is 5.26 Å². The van der Waals surface area contributed by atoms with E-state index in [1.807, 2.05) is 39.2 Å². The molecule has 0 saturated carbocycles. The first-order chi connectivity index (χ1) is 10.5. The van der Waals surface area contributed by atoms with Crippen LogP contribution >= 0.6 is 0 Å². The molecule has 22 heavy (non-hydrogen) atoms. The fraction of sp³-hybridized carbons (Fsp3) is 0.316. The van der Waals surface area contributed by atoms with Gasteiger partial charge in [0.15, 0.2) is 0 Å². The van der Waals surface area contributed by atoms with E-state index in [0.717, 1.165) is 28.1 Å². The van der Waals surface area contributed by atoms with Crippen molar-refractivity contribution in [1.82, 2.24) is 0 Å². The lowest BCUT2D eigenvalue weighted by Crippen LogP contribution is -2.08. The van der Waals surface area contributed by atoms with Crippen molar-refractivity contribution in [3.63, 3.8) is 0 Å². The van der Waals surface area contributed by atoms with Crippen LogP contribution in [0.25, 0.3) is 0 Å². The highest BCUT2D eigenvalue weighted by Gasteiger charge is 2.16. The Kier molecular flexibility index (Phi) is 5.06. The van der Waals surface area contributed by atoms with Gasteiger partial charge in [0.1, 0.15) is 5.75 Å². The molecule has 0 radical (unpaired) electrons. The van der Waals surface area contributed by atoms with Gasteiger partial charge in [0.2, 0.25) is 0 Å². The molecule has 0 fully saturated rings. The number of nitriles is 1. The van der Waals surface area contributed by atoms with Gasteiger partial charge in [-0.25, -0.2) is 0 Å². The van der Waals surface area contributed by atoms with Crippen molar-refractivity contribution >= 4 is 5.69 Å². The number of benzene rings is 2. The summed E-state index contributed by atoms with van der Waals surface area (Å²) in [7, 11) is 5.68. The van der Waals surface area contributed by atoms with Crippen LogP contribution in [-0.2, 0) is 6.42 Å². The Morgan fingerprint density at radius 2 is 1.82 bits per heavy atom. The molecule has 2 rings (SSSR count). The molecule has 0 amide bonds. The second-order valence-electron chi connectivity index (χ2n) is 5.69. The lowest BCUT2D eigenvalue weighted by molar-refractivity contribution is 0.408. The third kappa shape index (κ3) is 3.59. The van der Waals surface area contributed by atoms with E-state index in [4.69, 9.17) is 4.74 Å². The first-order valence-corrected chi connectivity index (χ1v) is 7.35. The largest absolute Gasteiger partial charge is 0.496 e. The van der Waals surface area contributed by atoms with E-state index in [1.165, 1.54) is 0 Å². The monoisotopic (exact) mass is 294 g/mol. The third-order valence-corrected chi connectivity index (χ3v) is 3.81. The Balaban J connectivity index is 2.26. The Labute approximate surface area is 132 Å². The average molecular weight is 294 g/mol. The maximum atomic E-state index is 9.58. The first kappa shape index (κ1) is 15.9. The zero-order valence-electron chi connectivity index (χ0n) is 13.6. The standard InChI is InChI=1S/C19H22N2O/c1-14-5-10-19(22-4)18(11-14)16(13-20)12-15-6-8-17(9-7-15)21(2)3/h5-11,16H,12H2,1-4H3. The average Bonchev–Trinajstić information content (AvgIpc) is 2.53. The molecule has 114 valence electrons. The summed E-state index contributed by atoms with van der Waals surface area (Å²) in [5.41, 5.74) is 4.41. The van der Waals surface area contributed by atoms with Crippen molar-refractivity contribution in [3.05, 3.63) is 59.2 Å². The Morgan fingerprint density at radius 1 is 1.14 bits per heavy atom. The Bertz CT molecular complexity index is 669. The molecule has 0 aromatic heterocycles. The molecule has 1 unspecified atom stereocenters. The molecule has 0 bridgehead atoms. The summed E-state index contributed by atoms with van der Waals surface area (Å²) in [5, 5.41) is 9.58. The van der Waals surface area contributed by atoms with E-state index in [1.54, 1.807) is 7.11 Å². The smallest absolute Gasteiger partial charge is 0.123 e. The van der Waals surface area contributed by atoms with E-state index in [-0.39, 0.29) is 5.92 Å². The minimum atomic E-state index is -0.208. The van der Waals surface area contributed by atoms with Crippen molar-refractivity contribution in [2.45, 2.75) is 19.3 Å². The second-order valence-corrected chi connectivity index (χ2v) is 5.69. The molecule has 3 heteroatoms. The van der Waals surface area contributed by atoms with Gasteiger partial charge in [-0.3, -0.25) is 0 Å². The van der Waals surface area contributed by atoms with Crippen molar-refractivity contribution in [3.8, 4) is 11.8 Å². The molecule has 0 aliphatic carbocycles. The van der Waals surface area contributed by atoms with Crippen LogP contribution in [0.3, 0.4) is 0 Å². The van der Waals surface area contributed by atoms with Gasteiger partial charge >= 0.3 is 0 Å². The Morgan fingerprint density at radius 3 is 2.36 bits per heavy atom. The normalized spacial score (nSPS) is 11.6. The molecule has 0 aliphatic heterocycles. The number of aryl methyl sites for hydroxylation is 1. The number of hydrogen-bond acceptors (Lipinski definition) is 3. The van der Waals surface area contributed by atoms with Crippen LogP contribution < -0.4 is 9.64 Å². The van der Waals surface area contributed by atoms with Crippen LogP contribution in [-0.4, -0.2) is 21.2 Å². The molecule has 0 N–H and O–H groups in total. The zero-order chi connectivity index (χ0) is 16.1. The summed E-state index contributed by atoms with van der Waals surface area (Å²) < 4.78 is 5.41. The van der Waals surface area contributed by atoms with Crippen LogP contribution in [0.2, 0.25) is 0 Å². The van der Waals surface area contributed by atoms with E-state index in [0.29, 0.717) is 6.42 Å². The minimum Gasteiger partial charge on any atom is -0.496 e. The summed E-state index contributed by atoms with van der Waals surface area (Å²) in [6.07, 6.45) is 0.685. The topological polar surface area (TPSA) is 36.3 Å². The number of rotatable bonds is 5. The highest BCUT2D eigenvalue weighted by molar-refractivity contribution is 5.47. The molecular formula is C19H22N2O. The quantitative estimate of drug-likeness (QED) is 0.838. The van der Waals surface area contributed by atoms with Gasteiger partial charge in [-0.05, 0) is 37.1 Å². The van der Waals surface area contributed by atoms with Gasteiger partial charge in [0, 0.05) is 25.3 Å². The second kappa shape index (κ2) is 7.00. The summed E-state index contributed by atoms with van der Waals surface area (Å²) in [6.45, 7) is 2.03. The molecule has 0 aliphatic rings. The van der Waals surface area contributed by atoms with Crippen molar-refractivity contribution in [1.29, 1.82) is 5.26 Å². The summed E-state index contributed by atoms with van der Waals surface area (Å²) in [6, 6.07) is 16.7. The number of nitrogens with zero attached hydrogens (tertiary/aromatic N) is 2. The van der Waals surface area contributed by atoms with Gasteiger partial charge in [0.05, 0.1) is 19.1 Å². The molecule has 2 aromatic rings. The van der Waals surface area contributed by atoms with Crippen LogP contribution in [0.15, 0.2) is 42.5 Å². The Hall–Kier alpha value is -2.47. The molecule has 0 heterocycles. The highest BCUT2D eigenvalue weighted by Crippen LogP contribution is 2.30. The maximum Gasteiger partial charge on any atom is 0.123 e. The molecule has 2 aromatic carbocycles. The number of anilines is 1. The molecule has 1 atom stereocenters. The fourth-order valence-corrected chi connectivity index (χ4v) is 2.52. The molecule has 3 nitrogen and oxygen atoms in total. The minimum absolute atomic E-state index is 0.208. The van der Waals surface area contributed by atoms with Gasteiger partial charge in [0.25, 0.3) is 0 Å². The SMILES string of the molecule is COc1ccc(C)cc1C(C#N)Cc1ccc(N(C)C)cc1. The van der Waals surface area contributed by atoms with E-state index < -0.39 is 0 Å². The maximum absolute atomic E-state index is 9.58. The van der Waals surface area contributed by atoms with E-state index in [9.17, 15) is 5.26 Å². The number of methoxy groups -OCH3 is 1. The summed E-state index contributed by atoms with van der Waals surface area (Å²) in [5.74, 6) is 0.571. The molecule has 0 spiro atoms. The van der Waals surface area contributed by atoms with Crippen LogP contribution in [0.5, 0.6) is 5.75 Å². The van der Waals surface area contributed by atoms with Gasteiger partial charge in [-0.1, -0.05) is 29.8 Å². The van der Waals surface area contributed by atoms with Crippen molar-refractivity contribution in [2.24, 2.45) is 0 Å².